The lowest BCUT2D eigenvalue weighted by Gasteiger charge is -2.06. The zero-order chi connectivity index (χ0) is 20.5. The van der Waals surface area contributed by atoms with E-state index >= 15 is 0 Å². The summed E-state index contributed by atoms with van der Waals surface area (Å²) in [6.45, 7) is 0.274. The lowest BCUT2D eigenvalue weighted by molar-refractivity contribution is -0.117. The summed E-state index contributed by atoms with van der Waals surface area (Å²) >= 11 is 2.52. The summed E-state index contributed by atoms with van der Waals surface area (Å²) < 4.78 is 0.608. The van der Waals surface area contributed by atoms with Gasteiger partial charge in [-0.1, -0.05) is 71.6 Å². The van der Waals surface area contributed by atoms with E-state index in [1.54, 1.807) is 6.07 Å². The number of thioether (sulfide) groups is 1. The fourth-order valence-electron chi connectivity index (χ4n) is 2.28. The molecule has 0 aliphatic rings. The Labute approximate surface area is 176 Å². The molecular weight excluding hydrogens is 406 g/mol. The third kappa shape index (κ3) is 6.07. The molecule has 0 radical (unpaired) electrons. The molecule has 0 bridgehead atoms. The molecule has 0 saturated carbocycles. The number of para-hydroxylation sites is 1. The molecule has 1 heterocycles. The highest BCUT2D eigenvalue weighted by molar-refractivity contribution is 8.01. The number of amides is 1. The molecule has 3 rings (SSSR count). The van der Waals surface area contributed by atoms with Crippen LogP contribution in [0.3, 0.4) is 0 Å². The molecule has 29 heavy (non-hydrogen) atoms. The van der Waals surface area contributed by atoms with Crippen molar-refractivity contribution in [3.05, 3.63) is 77.6 Å². The van der Waals surface area contributed by atoms with Crippen LogP contribution in [-0.2, 0) is 11.3 Å². The van der Waals surface area contributed by atoms with E-state index in [-0.39, 0.29) is 23.6 Å². The number of aromatic nitrogens is 2. The highest BCUT2D eigenvalue weighted by Gasteiger charge is 2.16. The van der Waals surface area contributed by atoms with Gasteiger partial charge >= 0.3 is 0 Å². The topological polar surface area (TPSA) is 111 Å². The van der Waals surface area contributed by atoms with Gasteiger partial charge in [0, 0.05) is 12.2 Å². The van der Waals surface area contributed by atoms with Crippen molar-refractivity contribution in [2.24, 2.45) is 0 Å². The molecule has 0 saturated heterocycles. The smallest absolute Gasteiger partial charge is 0.265 e. The second-order valence-corrected chi connectivity index (χ2v) is 7.95. The maximum absolute atomic E-state index is 12.2. The largest absolute Gasteiger partial charge is 0.510 e. The van der Waals surface area contributed by atoms with Crippen LogP contribution in [-0.4, -0.2) is 27.0 Å². The Kier molecular flexibility index (Phi) is 7.22. The number of nitrogens with zero attached hydrogens (tertiary/aromatic N) is 3. The Morgan fingerprint density at radius 3 is 2.48 bits per heavy atom. The van der Waals surface area contributed by atoms with E-state index in [0.717, 1.165) is 11.3 Å². The third-order valence-corrected chi connectivity index (χ3v) is 5.67. The first-order chi connectivity index (χ1) is 14.2. The molecule has 0 fully saturated rings. The maximum atomic E-state index is 12.2. The number of aliphatic hydroxyl groups excluding tert-OH is 1. The van der Waals surface area contributed by atoms with Crippen LogP contribution >= 0.6 is 23.1 Å². The van der Waals surface area contributed by atoms with Crippen LogP contribution < -0.4 is 10.6 Å². The van der Waals surface area contributed by atoms with Gasteiger partial charge in [-0.2, -0.15) is 5.26 Å². The van der Waals surface area contributed by atoms with E-state index < -0.39 is 5.91 Å². The predicted octanol–water partition coefficient (Wildman–Crippen LogP) is 4.03. The molecule has 0 spiro atoms. The lowest BCUT2D eigenvalue weighted by Crippen LogP contribution is -2.25. The molecule has 1 amide bonds. The molecule has 7 nitrogen and oxygen atoms in total. The quantitative estimate of drug-likeness (QED) is 0.217. The summed E-state index contributed by atoms with van der Waals surface area (Å²) in [7, 11) is 0. The van der Waals surface area contributed by atoms with Gasteiger partial charge in [-0.25, -0.2) is 0 Å². The van der Waals surface area contributed by atoms with Gasteiger partial charge in [-0.15, -0.1) is 10.2 Å². The minimum absolute atomic E-state index is 0.0433. The van der Waals surface area contributed by atoms with Crippen molar-refractivity contribution in [1.29, 1.82) is 5.26 Å². The molecule has 9 heteroatoms. The van der Waals surface area contributed by atoms with Gasteiger partial charge in [0.1, 0.15) is 11.8 Å². The molecule has 3 N–H and O–H groups in total. The van der Waals surface area contributed by atoms with E-state index in [0.29, 0.717) is 9.47 Å². The molecule has 0 aliphatic carbocycles. The van der Waals surface area contributed by atoms with Crippen LogP contribution in [0.1, 0.15) is 5.56 Å². The van der Waals surface area contributed by atoms with Gasteiger partial charge in [-0.05, 0) is 17.7 Å². The maximum Gasteiger partial charge on any atom is 0.265 e. The average molecular weight is 424 g/mol. The molecule has 1 aromatic heterocycles. The Morgan fingerprint density at radius 1 is 1.10 bits per heavy atom. The van der Waals surface area contributed by atoms with Crippen molar-refractivity contribution in [3.8, 4) is 6.07 Å². The van der Waals surface area contributed by atoms with Crippen molar-refractivity contribution in [3.63, 3.8) is 0 Å². The third-order valence-electron chi connectivity index (χ3n) is 3.69. The molecule has 0 unspecified atom stereocenters. The second kappa shape index (κ2) is 10.3. The first-order valence-electron chi connectivity index (χ1n) is 8.58. The number of carbonyl (C=O) groups is 1. The lowest BCUT2D eigenvalue weighted by atomic mass is 10.2. The van der Waals surface area contributed by atoms with Crippen LogP contribution in [0.4, 0.5) is 10.8 Å². The van der Waals surface area contributed by atoms with E-state index in [4.69, 9.17) is 0 Å². The number of aliphatic hydroxyl groups is 1. The molecule has 146 valence electrons. The highest BCUT2D eigenvalue weighted by Crippen LogP contribution is 2.28. The van der Waals surface area contributed by atoms with Crippen molar-refractivity contribution in [1.82, 2.24) is 15.5 Å². The second-order valence-electron chi connectivity index (χ2n) is 5.75. The Bertz CT molecular complexity index is 1030. The van der Waals surface area contributed by atoms with Crippen LogP contribution in [0.2, 0.25) is 0 Å². The van der Waals surface area contributed by atoms with Crippen LogP contribution in [0.25, 0.3) is 0 Å². The van der Waals surface area contributed by atoms with Crippen molar-refractivity contribution >= 4 is 39.8 Å². The summed E-state index contributed by atoms with van der Waals surface area (Å²) in [4.78, 5) is 12.2. The Balaban J connectivity index is 1.56. The average Bonchev–Trinajstić information content (AvgIpc) is 3.20. The standard InChI is InChI=1S/C20H17N5O2S2/c21-11-16(18(27)22-12-14-7-3-1-4-8-14)17(26)13-28-20-25-24-19(29-20)23-15-9-5-2-6-10-15/h1-10,26H,12-13H2,(H,22,27)(H,23,24)/b17-16-. The van der Waals surface area contributed by atoms with Gasteiger partial charge in [0.25, 0.3) is 5.91 Å². The number of carbonyl (C=O) groups excluding carboxylic acids is 1. The molecule has 3 aromatic rings. The zero-order valence-electron chi connectivity index (χ0n) is 15.2. The Morgan fingerprint density at radius 2 is 1.79 bits per heavy atom. The van der Waals surface area contributed by atoms with E-state index in [1.807, 2.05) is 60.7 Å². The summed E-state index contributed by atoms with van der Waals surface area (Å²) in [6, 6.07) is 20.7. The summed E-state index contributed by atoms with van der Waals surface area (Å²) in [5.74, 6) is -0.865. The number of hydrogen-bond donors (Lipinski definition) is 3. The van der Waals surface area contributed by atoms with Crippen LogP contribution in [0.15, 0.2) is 76.3 Å². The fourth-order valence-corrected chi connectivity index (χ4v) is 3.93. The first-order valence-corrected chi connectivity index (χ1v) is 10.4. The minimum Gasteiger partial charge on any atom is -0.510 e. The number of rotatable bonds is 8. The zero-order valence-corrected chi connectivity index (χ0v) is 16.8. The van der Waals surface area contributed by atoms with Gasteiger partial charge in [0.05, 0.1) is 5.75 Å². The van der Waals surface area contributed by atoms with E-state index in [2.05, 4.69) is 20.8 Å². The van der Waals surface area contributed by atoms with Gasteiger partial charge in [0.2, 0.25) is 5.13 Å². The molecule has 0 aliphatic heterocycles. The van der Waals surface area contributed by atoms with Crippen molar-refractivity contribution in [2.75, 3.05) is 11.1 Å². The summed E-state index contributed by atoms with van der Waals surface area (Å²) in [5.41, 5.74) is 1.49. The number of anilines is 2. The molecule has 0 atom stereocenters. The van der Waals surface area contributed by atoms with E-state index in [9.17, 15) is 15.2 Å². The molecular formula is C20H17N5O2S2. The van der Waals surface area contributed by atoms with Gasteiger partial charge in [-0.3, -0.25) is 4.79 Å². The predicted molar refractivity (Wildman–Crippen MR) is 114 cm³/mol. The van der Waals surface area contributed by atoms with Crippen molar-refractivity contribution < 1.29 is 9.90 Å². The fraction of sp³-hybridized carbons (Fsp3) is 0.100. The minimum atomic E-state index is -0.613. The van der Waals surface area contributed by atoms with Crippen molar-refractivity contribution in [2.45, 2.75) is 10.9 Å². The SMILES string of the molecule is N#C/C(C(=O)NCc1ccccc1)=C(/O)CSc1nnc(Nc2ccccc2)s1. The first kappa shape index (κ1) is 20.4. The monoisotopic (exact) mass is 423 g/mol. The van der Waals surface area contributed by atoms with Gasteiger partial charge < -0.3 is 15.7 Å². The summed E-state index contributed by atoms with van der Waals surface area (Å²) in [6.07, 6.45) is 0. The Hall–Kier alpha value is -3.35. The van der Waals surface area contributed by atoms with Crippen LogP contribution in [0.5, 0.6) is 0 Å². The molecule has 2 aromatic carbocycles. The number of hydrogen-bond acceptors (Lipinski definition) is 8. The highest BCUT2D eigenvalue weighted by atomic mass is 32.2. The van der Waals surface area contributed by atoms with E-state index in [1.165, 1.54) is 23.1 Å². The van der Waals surface area contributed by atoms with Gasteiger partial charge in [0.15, 0.2) is 9.91 Å². The number of nitrogens with one attached hydrogen (secondary N) is 2. The number of benzene rings is 2. The normalized spacial score (nSPS) is 11.3. The summed E-state index contributed by atoms with van der Waals surface area (Å²) in [5, 5.41) is 33.9. The number of nitriles is 1. The van der Waals surface area contributed by atoms with Crippen LogP contribution in [0, 0.1) is 11.3 Å².